The molecule has 0 bridgehead atoms. The molecule has 2 rings (SSSR count). The van der Waals surface area contributed by atoms with E-state index in [9.17, 15) is 4.79 Å². The van der Waals surface area contributed by atoms with Gasteiger partial charge < -0.3 is 15.2 Å². The van der Waals surface area contributed by atoms with Gasteiger partial charge in [0.15, 0.2) is 5.82 Å². The first-order valence-electron chi connectivity index (χ1n) is 8.41. The lowest BCUT2D eigenvalue weighted by molar-refractivity contribution is 0.0999. The summed E-state index contributed by atoms with van der Waals surface area (Å²) in [5, 5.41) is 4.04. The molecule has 1 aromatic heterocycles. The summed E-state index contributed by atoms with van der Waals surface area (Å²) < 4.78 is 5.38. The Morgan fingerprint density at radius 1 is 1.38 bits per heavy atom. The molecule has 0 aliphatic carbocycles. The van der Waals surface area contributed by atoms with E-state index in [1.165, 1.54) is 0 Å². The summed E-state index contributed by atoms with van der Waals surface area (Å²) in [5.41, 5.74) is 7.79. The zero-order valence-electron chi connectivity index (χ0n) is 14.9. The highest BCUT2D eigenvalue weighted by atomic mass is 16.5. The summed E-state index contributed by atoms with van der Waals surface area (Å²) in [5.74, 6) is 0.954. The third-order valence-electron chi connectivity index (χ3n) is 4.00. The van der Waals surface area contributed by atoms with Gasteiger partial charge in [0.25, 0.3) is 0 Å². The minimum atomic E-state index is -0.410. The smallest absolute Gasteiger partial charge is 0.248 e. The van der Waals surface area contributed by atoms with E-state index in [1.54, 1.807) is 6.07 Å². The number of aromatic nitrogens is 2. The van der Waals surface area contributed by atoms with Crippen LogP contribution < -0.4 is 10.6 Å². The van der Waals surface area contributed by atoms with E-state index in [1.807, 2.05) is 19.1 Å². The van der Waals surface area contributed by atoms with Crippen molar-refractivity contribution in [2.45, 2.75) is 59.5 Å². The van der Waals surface area contributed by atoms with E-state index in [0.717, 1.165) is 36.3 Å². The van der Waals surface area contributed by atoms with Crippen LogP contribution in [0.4, 0.5) is 5.69 Å². The largest absolute Gasteiger partial charge is 0.366 e. The van der Waals surface area contributed by atoms with Crippen LogP contribution in [0.3, 0.4) is 0 Å². The molecule has 6 heteroatoms. The lowest BCUT2D eigenvalue weighted by Crippen LogP contribution is -2.30. The van der Waals surface area contributed by atoms with Crippen LogP contribution in [0.15, 0.2) is 22.7 Å². The summed E-state index contributed by atoms with van der Waals surface area (Å²) in [6.45, 7) is 8.76. The van der Waals surface area contributed by atoms with Crippen molar-refractivity contribution in [3.63, 3.8) is 0 Å². The molecule has 130 valence electrons. The minimum Gasteiger partial charge on any atom is -0.366 e. The average Bonchev–Trinajstić information content (AvgIpc) is 2.97. The molecule has 0 atom stereocenters. The molecule has 0 aliphatic rings. The van der Waals surface area contributed by atoms with Gasteiger partial charge in [0.1, 0.15) is 0 Å². The number of rotatable bonds is 8. The first-order valence-corrected chi connectivity index (χ1v) is 8.41. The minimum absolute atomic E-state index is 0.245. The van der Waals surface area contributed by atoms with Crippen molar-refractivity contribution in [3.8, 4) is 0 Å². The topological polar surface area (TPSA) is 85.3 Å². The number of primary amides is 1. The molecule has 1 amide bonds. The second-order valence-corrected chi connectivity index (χ2v) is 6.29. The van der Waals surface area contributed by atoms with Gasteiger partial charge in [0.2, 0.25) is 11.8 Å². The molecule has 0 radical (unpaired) electrons. The lowest BCUT2D eigenvalue weighted by atomic mass is 10.1. The van der Waals surface area contributed by atoms with Crippen LogP contribution >= 0.6 is 0 Å². The highest BCUT2D eigenvalue weighted by Crippen LogP contribution is 2.23. The van der Waals surface area contributed by atoms with Crippen LogP contribution in [-0.2, 0) is 13.0 Å². The molecule has 0 saturated carbocycles. The van der Waals surface area contributed by atoms with Gasteiger partial charge in [-0.3, -0.25) is 4.79 Å². The molecule has 2 N–H and O–H groups in total. The zero-order chi connectivity index (χ0) is 17.7. The number of unbranched alkanes of at least 4 members (excludes halogenated alkanes) is 1. The number of nitrogens with zero attached hydrogens (tertiary/aromatic N) is 3. The van der Waals surface area contributed by atoms with E-state index in [0.29, 0.717) is 18.0 Å². The Morgan fingerprint density at radius 2 is 2.12 bits per heavy atom. The summed E-state index contributed by atoms with van der Waals surface area (Å²) in [4.78, 5) is 18.0. The van der Waals surface area contributed by atoms with Crippen molar-refractivity contribution in [2.75, 3.05) is 4.90 Å². The molecule has 0 fully saturated rings. The summed E-state index contributed by atoms with van der Waals surface area (Å²) >= 11 is 0. The zero-order valence-corrected chi connectivity index (χ0v) is 14.9. The van der Waals surface area contributed by atoms with Gasteiger partial charge in [-0.15, -0.1) is 0 Å². The summed E-state index contributed by atoms with van der Waals surface area (Å²) in [7, 11) is 0. The Kier molecular flexibility index (Phi) is 5.95. The van der Waals surface area contributed by atoms with Crippen molar-refractivity contribution in [1.82, 2.24) is 10.1 Å². The predicted molar refractivity (Wildman–Crippen MR) is 93.9 cm³/mol. The van der Waals surface area contributed by atoms with E-state index >= 15 is 0 Å². The maximum atomic E-state index is 11.4. The summed E-state index contributed by atoms with van der Waals surface area (Å²) in [6.07, 6.45) is 3.00. The highest BCUT2D eigenvalue weighted by Gasteiger charge is 2.17. The third kappa shape index (κ3) is 4.34. The van der Waals surface area contributed by atoms with Gasteiger partial charge in [-0.05, 0) is 51.0 Å². The SMILES string of the molecule is CCCCc1noc(CN(c2ccc(C(N)=O)c(C)c2)C(C)C)n1. The lowest BCUT2D eigenvalue weighted by Gasteiger charge is -2.28. The monoisotopic (exact) mass is 330 g/mol. The van der Waals surface area contributed by atoms with Gasteiger partial charge in [-0.1, -0.05) is 18.5 Å². The second-order valence-electron chi connectivity index (χ2n) is 6.29. The van der Waals surface area contributed by atoms with Crippen LogP contribution in [0.25, 0.3) is 0 Å². The Bertz CT molecular complexity index is 694. The van der Waals surface area contributed by atoms with Crippen molar-refractivity contribution < 1.29 is 9.32 Å². The number of carbonyl (C=O) groups excluding carboxylic acids is 1. The first-order chi connectivity index (χ1) is 11.4. The third-order valence-corrected chi connectivity index (χ3v) is 4.00. The normalized spacial score (nSPS) is 11.0. The van der Waals surface area contributed by atoms with Gasteiger partial charge in [0.05, 0.1) is 6.54 Å². The van der Waals surface area contributed by atoms with Crippen LogP contribution in [0.1, 0.15) is 61.2 Å². The van der Waals surface area contributed by atoms with E-state index in [4.69, 9.17) is 10.3 Å². The number of anilines is 1. The van der Waals surface area contributed by atoms with Crippen LogP contribution in [0.2, 0.25) is 0 Å². The Balaban J connectivity index is 2.19. The van der Waals surface area contributed by atoms with E-state index in [-0.39, 0.29) is 6.04 Å². The Hall–Kier alpha value is -2.37. The molecule has 0 saturated heterocycles. The van der Waals surface area contributed by atoms with Crippen molar-refractivity contribution >= 4 is 11.6 Å². The van der Waals surface area contributed by atoms with Gasteiger partial charge >= 0.3 is 0 Å². The van der Waals surface area contributed by atoms with Crippen molar-refractivity contribution in [3.05, 3.63) is 41.0 Å². The van der Waals surface area contributed by atoms with E-state index in [2.05, 4.69) is 35.8 Å². The number of nitrogens with two attached hydrogens (primary N) is 1. The highest BCUT2D eigenvalue weighted by molar-refractivity contribution is 5.94. The number of aryl methyl sites for hydroxylation is 2. The predicted octanol–water partition coefficient (Wildman–Crippen LogP) is 3.23. The molecule has 6 nitrogen and oxygen atoms in total. The Labute approximate surface area is 143 Å². The molecular formula is C18H26N4O2. The molecule has 1 aromatic carbocycles. The number of carbonyl (C=O) groups is 1. The van der Waals surface area contributed by atoms with Crippen LogP contribution in [0.5, 0.6) is 0 Å². The quantitative estimate of drug-likeness (QED) is 0.803. The molecule has 0 spiro atoms. The molecule has 1 heterocycles. The fourth-order valence-corrected chi connectivity index (χ4v) is 2.61. The number of amides is 1. The van der Waals surface area contributed by atoms with Crippen molar-refractivity contribution in [2.24, 2.45) is 5.73 Å². The fourth-order valence-electron chi connectivity index (χ4n) is 2.61. The van der Waals surface area contributed by atoms with Crippen LogP contribution in [0, 0.1) is 6.92 Å². The first kappa shape index (κ1) is 18.0. The van der Waals surface area contributed by atoms with Crippen LogP contribution in [-0.4, -0.2) is 22.1 Å². The average molecular weight is 330 g/mol. The maximum Gasteiger partial charge on any atom is 0.248 e. The molecule has 2 aromatic rings. The standard InChI is InChI=1S/C18H26N4O2/c1-5-6-7-16-20-17(24-21-16)11-22(12(2)3)14-8-9-15(18(19)23)13(4)10-14/h8-10,12H,5-7,11H2,1-4H3,(H2,19,23). The maximum absolute atomic E-state index is 11.4. The number of hydrogen-bond acceptors (Lipinski definition) is 5. The van der Waals surface area contributed by atoms with Gasteiger partial charge in [0, 0.05) is 23.7 Å². The molecule has 0 aliphatic heterocycles. The van der Waals surface area contributed by atoms with Crippen molar-refractivity contribution in [1.29, 1.82) is 0 Å². The van der Waals surface area contributed by atoms with Gasteiger partial charge in [-0.25, -0.2) is 0 Å². The summed E-state index contributed by atoms with van der Waals surface area (Å²) in [6, 6.07) is 5.88. The number of benzene rings is 1. The van der Waals surface area contributed by atoms with Gasteiger partial charge in [-0.2, -0.15) is 4.98 Å². The fraction of sp³-hybridized carbons (Fsp3) is 0.500. The molecule has 0 unspecified atom stereocenters. The Morgan fingerprint density at radius 3 is 2.71 bits per heavy atom. The molecule has 24 heavy (non-hydrogen) atoms. The van der Waals surface area contributed by atoms with E-state index < -0.39 is 5.91 Å². The second kappa shape index (κ2) is 7.95. The molecular weight excluding hydrogens is 304 g/mol. The number of hydrogen-bond donors (Lipinski definition) is 1.